The van der Waals surface area contributed by atoms with Crippen molar-refractivity contribution in [1.82, 2.24) is 4.98 Å². The number of amides is 1. The molecule has 0 spiro atoms. The normalized spacial score (nSPS) is 12.3. The Hall–Kier alpha value is -1.62. The molecule has 0 aromatic carbocycles. The standard InChI is InChI=1S/C15H26N4O/c1-5-19(6-2)14-8-7-12(10-17-14)18-15(20)13(9-16)11(3)4/h7-8,10-11,13H,5-6,9,16H2,1-4H3,(H,18,20). The monoisotopic (exact) mass is 278 g/mol. The first-order valence-corrected chi connectivity index (χ1v) is 7.25. The average molecular weight is 278 g/mol. The molecule has 0 aliphatic carbocycles. The van der Waals surface area contributed by atoms with Crippen LogP contribution in [0.4, 0.5) is 11.5 Å². The number of pyridine rings is 1. The molecule has 0 saturated carbocycles. The Morgan fingerprint density at radius 2 is 2.00 bits per heavy atom. The van der Waals surface area contributed by atoms with Crippen LogP contribution >= 0.6 is 0 Å². The quantitative estimate of drug-likeness (QED) is 0.801. The van der Waals surface area contributed by atoms with E-state index in [2.05, 4.69) is 29.0 Å². The minimum absolute atomic E-state index is 0.0418. The molecule has 112 valence electrons. The van der Waals surface area contributed by atoms with Crippen LogP contribution in [-0.2, 0) is 4.79 Å². The molecule has 1 unspecified atom stereocenters. The van der Waals surface area contributed by atoms with E-state index in [1.807, 2.05) is 26.0 Å². The third-order valence-electron chi connectivity index (χ3n) is 3.50. The maximum atomic E-state index is 12.1. The van der Waals surface area contributed by atoms with Crippen LogP contribution in [0.15, 0.2) is 18.3 Å². The molecule has 1 heterocycles. The van der Waals surface area contributed by atoms with E-state index in [4.69, 9.17) is 5.73 Å². The summed E-state index contributed by atoms with van der Waals surface area (Å²) in [4.78, 5) is 18.6. The van der Waals surface area contributed by atoms with Gasteiger partial charge in [0.1, 0.15) is 5.82 Å². The highest BCUT2D eigenvalue weighted by molar-refractivity contribution is 5.92. The number of rotatable bonds is 7. The number of anilines is 2. The predicted molar refractivity (Wildman–Crippen MR) is 83.8 cm³/mol. The van der Waals surface area contributed by atoms with Gasteiger partial charge < -0.3 is 16.0 Å². The van der Waals surface area contributed by atoms with Gasteiger partial charge in [-0.25, -0.2) is 4.98 Å². The number of carbonyl (C=O) groups is 1. The first-order valence-electron chi connectivity index (χ1n) is 7.25. The maximum absolute atomic E-state index is 12.1. The van der Waals surface area contributed by atoms with E-state index in [0.29, 0.717) is 12.2 Å². The van der Waals surface area contributed by atoms with Crippen LogP contribution < -0.4 is 16.0 Å². The number of hydrogen-bond acceptors (Lipinski definition) is 4. The molecule has 0 aliphatic heterocycles. The first-order chi connectivity index (χ1) is 9.53. The number of nitrogens with two attached hydrogens (primary N) is 1. The largest absolute Gasteiger partial charge is 0.357 e. The van der Waals surface area contributed by atoms with Gasteiger partial charge >= 0.3 is 0 Å². The summed E-state index contributed by atoms with van der Waals surface area (Å²) >= 11 is 0. The van der Waals surface area contributed by atoms with Crippen molar-refractivity contribution in [2.24, 2.45) is 17.6 Å². The van der Waals surface area contributed by atoms with Gasteiger partial charge in [0, 0.05) is 19.6 Å². The Bertz CT molecular complexity index is 412. The molecule has 0 radical (unpaired) electrons. The Kier molecular flexibility index (Phi) is 6.45. The van der Waals surface area contributed by atoms with Gasteiger partial charge in [0.05, 0.1) is 17.8 Å². The topological polar surface area (TPSA) is 71.2 Å². The average Bonchev–Trinajstić information content (AvgIpc) is 2.42. The van der Waals surface area contributed by atoms with Crippen molar-refractivity contribution >= 4 is 17.4 Å². The number of hydrogen-bond donors (Lipinski definition) is 2. The lowest BCUT2D eigenvalue weighted by molar-refractivity contribution is -0.120. The smallest absolute Gasteiger partial charge is 0.229 e. The van der Waals surface area contributed by atoms with E-state index in [-0.39, 0.29) is 17.7 Å². The summed E-state index contributed by atoms with van der Waals surface area (Å²) in [6.07, 6.45) is 1.69. The van der Waals surface area contributed by atoms with E-state index in [1.165, 1.54) is 0 Å². The molecule has 3 N–H and O–H groups in total. The molecule has 1 rings (SSSR count). The number of carbonyl (C=O) groups excluding carboxylic acids is 1. The van der Waals surface area contributed by atoms with Crippen molar-refractivity contribution in [2.45, 2.75) is 27.7 Å². The third kappa shape index (κ3) is 4.20. The molecule has 0 fully saturated rings. The van der Waals surface area contributed by atoms with Crippen LogP contribution in [0, 0.1) is 11.8 Å². The summed E-state index contributed by atoms with van der Waals surface area (Å²) in [6, 6.07) is 3.81. The van der Waals surface area contributed by atoms with Crippen LogP contribution in [0.5, 0.6) is 0 Å². The number of nitrogens with zero attached hydrogens (tertiary/aromatic N) is 2. The Labute approximate surface area is 121 Å². The zero-order valence-electron chi connectivity index (χ0n) is 12.9. The molecule has 1 aromatic heterocycles. The van der Waals surface area contributed by atoms with Crippen molar-refractivity contribution in [3.05, 3.63) is 18.3 Å². The molecule has 1 atom stereocenters. The van der Waals surface area contributed by atoms with E-state index in [1.54, 1.807) is 6.20 Å². The van der Waals surface area contributed by atoms with Crippen molar-refractivity contribution in [3.63, 3.8) is 0 Å². The summed E-state index contributed by atoms with van der Waals surface area (Å²) < 4.78 is 0. The predicted octanol–water partition coefficient (Wildman–Crippen LogP) is 2.10. The van der Waals surface area contributed by atoms with Crippen molar-refractivity contribution in [3.8, 4) is 0 Å². The molecule has 1 amide bonds. The van der Waals surface area contributed by atoms with Gasteiger partial charge in [0.2, 0.25) is 5.91 Å². The van der Waals surface area contributed by atoms with Gasteiger partial charge in [0.15, 0.2) is 0 Å². The molecule has 5 nitrogen and oxygen atoms in total. The van der Waals surface area contributed by atoms with Gasteiger partial charge in [-0.3, -0.25) is 4.79 Å². The summed E-state index contributed by atoms with van der Waals surface area (Å²) in [6.45, 7) is 10.4. The second-order valence-corrected chi connectivity index (χ2v) is 5.15. The maximum Gasteiger partial charge on any atom is 0.229 e. The fraction of sp³-hybridized carbons (Fsp3) is 0.600. The number of nitrogens with one attached hydrogen (secondary N) is 1. The lowest BCUT2D eigenvalue weighted by Crippen LogP contribution is -2.33. The zero-order chi connectivity index (χ0) is 15.1. The highest BCUT2D eigenvalue weighted by Gasteiger charge is 2.20. The summed E-state index contributed by atoms with van der Waals surface area (Å²) in [5.74, 6) is 0.937. The van der Waals surface area contributed by atoms with Gasteiger partial charge in [-0.15, -0.1) is 0 Å². The van der Waals surface area contributed by atoms with Crippen LogP contribution in [0.25, 0.3) is 0 Å². The SMILES string of the molecule is CCN(CC)c1ccc(NC(=O)C(CN)C(C)C)cn1. The van der Waals surface area contributed by atoms with Crippen molar-refractivity contribution in [1.29, 1.82) is 0 Å². The van der Waals surface area contributed by atoms with Crippen LogP contribution in [0.1, 0.15) is 27.7 Å². The fourth-order valence-electron chi connectivity index (χ4n) is 2.11. The molecule has 20 heavy (non-hydrogen) atoms. The highest BCUT2D eigenvalue weighted by atomic mass is 16.1. The highest BCUT2D eigenvalue weighted by Crippen LogP contribution is 2.16. The van der Waals surface area contributed by atoms with Crippen molar-refractivity contribution < 1.29 is 4.79 Å². The Morgan fingerprint density at radius 3 is 2.40 bits per heavy atom. The lowest BCUT2D eigenvalue weighted by atomic mass is 9.95. The minimum atomic E-state index is -0.169. The van der Waals surface area contributed by atoms with Crippen molar-refractivity contribution in [2.75, 3.05) is 29.9 Å². The lowest BCUT2D eigenvalue weighted by Gasteiger charge is -2.20. The molecule has 1 aromatic rings. The fourth-order valence-corrected chi connectivity index (χ4v) is 2.11. The Balaban J connectivity index is 2.72. The summed E-state index contributed by atoms with van der Waals surface area (Å²) in [5.41, 5.74) is 6.36. The van der Waals surface area contributed by atoms with E-state index in [9.17, 15) is 4.79 Å². The summed E-state index contributed by atoms with van der Waals surface area (Å²) in [5, 5.41) is 2.88. The van der Waals surface area contributed by atoms with E-state index in [0.717, 1.165) is 18.9 Å². The van der Waals surface area contributed by atoms with E-state index >= 15 is 0 Å². The van der Waals surface area contributed by atoms with Gasteiger partial charge in [-0.05, 0) is 31.9 Å². The second kappa shape index (κ2) is 7.85. The molecule has 5 heteroatoms. The van der Waals surface area contributed by atoms with Gasteiger partial charge in [-0.1, -0.05) is 13.8 Å². The van der Waals surface area contributed by atoms with Gasteiger partial charge in [-0.2, -0.15) is 0 Å². The molecule has 0 aliphatic rings. The zero-order valence-corrected chi connectivity index (χ0v) is 12.9. The molecule has 0 bridgehead atoms. The number of aromatic nitrogens is 1. The van der Waals surface area contributed by atoms with E-state index < -0.39 is 0 Å². The first kappa shape index (κ1) is 16.4. The minimum Gasteiger partial charge on any atom is -0.357 e. The molecular formula is C15H26N4O. The summed E-state index contributed by atoms with van der Waals surface area (Å²) in [7, 11) is 0. The second-order valence-electron chi connectivity index (χ2n) is 5.15. The molecular weight excluding hydrogens is 252 g/mol. The third-order valence-corrected chi connectivity index (χ3v) is 3.50. The van der Waals surface area contributed by atoms with Crippen LogP contribution in [0.3, 0.4) is 0 Å². The molecule has 0 saturated heterocycles. The van der Waals surface area contributed by atoms with Crippen LogP contribution in [-0.4, -0.2) is 30.5 Å². The Morgan fingerprint density at radius 1 is 1.35 bits per heavy atom. The van der Waals surface area contributed by atoms with Gasteiger partial charge in [0.25, 0.3) is 0 Å². The van der Waals surface area contributed by atoms with Crippen LogP contribution in [0.2, 0.25) is 0 Å².